The average Bonchev–Trinajstić information content (AvgIpc) is 2.53. The summed E-state index contributed by atoms with van der Waals surface area (Å²) in [4.78, 5) is 25.1. The quantitative estimate of drug-likeness (QED) is 0.926. The third-order valence-electron chi connectivity index (χ3n) is 3.67. The molecule has 3 rings (SSSR count). The molecule has 0 radical (unpaired) electrons. The van der Waals surface area contributed by atoms with Gasteiger partial charge in [0.05, 0.1) is 10.6 Å². The van der Waals surface area contributed by atoms with Crippen molar-refractivity contribution in [2.24, 2.45) is 0 Å². The number of anilines is 1. The van der Waals surface area contributed by atoms with Gasteiger partial charge in [-0.25, -0.2) is 0 Å². The van der Waals surface area contributed by atoms with Crippen molar-refractivity contribution in [2.75, 3.05) is 11.4 Å². The van der Waals surface area contributed by atoms with E-state index < -0.39 is 0 Å². The first-order valence-electron chi connectivity index (χ1n) is 6.78. The van der Waals surface area contributed by atoms with E-state index in [0.29, 0.717) is 17.8 Å². The van der Waals surface area contributed by atoms with Crippen LogP contribution in [0.25, 0.3) is 0 Å². The van der Waals surface area contributed by atoms with Crippen molar-refractivity contribution in [1.82, 2.24) is 0 Å². The Kier molecular flexibility index (Phi) is 3.71. The normalized spacial score (nSPS) is 13.7. The Labute approximate surface area is 127 Å². The van der Waals surface area contributed by atoms with Crippen LogP contribution in [0.4, 0.5) is 11.4 Å². The first kappa shape index (κ1) is 13.8. The Morgan fingerprint density at radius 1 is 1.19 bits per heavy atom. The number of halogens is 1. The van der Waals surface area contributed by atoms with Crippen molar-refractivity contribution in [3.05, 3.63) is 63.5 Å². The molecule has 1 aliphatic heterocycles. The number of aryl methyl sites for hydroxylation is 1. The second-order valence-corrected chi connectivity index (χ2v) is 5.39. The second kappa shape index (κ2) is 5.66. The van der Waals surface area contributed by atoms with Crippen LogP contribution in [0.2, 0.25) is 5.02 Å². The van der Waals surface area contributed by atoms with Gasteiger partial charge in [-0.05, 0) is 30.5 Å². The lowest BCUT2D eigenvalue weighted by molar-refractivity contribution is -0.379. The fraction of sp³-hybridized carbons (Fsp3) is 0.188. The third kappa shape index (κ3) is 2.54. The first-order chi connectivity index (χ1) is 10.2. The van der Waals surface area contributed by atoms with E-state index in [1.54, 1.807) is 22.2 Å². The molecule has 1 N–H and O–H groups in total. The van der Waals surface area contributed by atoms with Gasteiger partial charge in [-0.2, -0.15) is 0 Å². The maximum atomic E-state index is 12.7. The molecule has 0 unspecified atom stereocenters. The van der Waals surface area contributed by atoms with Crippen LogP contribution in [0.1, 0.15) is 22.3 Å². The minimum absolute atomic E-state index is 0.135. The van der Waals surface area contributed by atoms with Crippen molar-refractivity contribution in [1.29, 1.82) is 0 Å². The van der Waals surface area contributed by atoms with E-state index >= 15 is 0 Å². The van der Waals surface area contributed by atoms with Crippen LogP contribution in [0.5, 0.6) is 0 Å². The molecule has 0 saturated carbocycles. The van der Waals surface area contributed by atoms with Crippen LogP contribution < -0.4 is 10.1 Å². The standard InChI is InChI=1S/C16H13ClN2O2/c17-14-10-12(18-21)7-8-13(14)16(20)19-9-3-5-11-4-1-2-6-15(11)19/h1-2,4,6-8,10H,3,5,9H2/p+1. The van der Waals surface area contributed by atoms with Crippen molar-refractivity contribution in [2.45, 2.75) is 12.8 Å². The van der Waals surface area contributed by atoms with Gasteiger partial charge in [-0.3, -0.25) is 4.79 Å². The zero-order valence-electron chi connectivity index (χ0n) is 11.3. The lowest BCUT2D eigenvalue weighted by atomic mass is 10.0. The van der Waals surface area contributed by atoms with Gasteiger partial charge in [0.15, 0.2) is 0 Å². The van der Waals surface area contributed by atoms with E-state index in [1.165, 1.54) is 11.6 Å². The monoisotopic (exact) mass is 301 g/mol. The Bertz CT molecular complexity index is 715. The summed E-state index contributed by atoms with van der Waals surface area (Å²) in [6.07, 6.45) is 1.91. The number of nitroso groups, excluding NO2 is 1. The predicted octanol–water partition coefficient (Wildman–Crippen LogP) is 2.41. The molecule has 1 heterocycles. The SMILES string of the molecule is O=[NH+]c1ccc(C(=O)N2CCCc3ccccc32)c(Cl)c1. The highest BCUT2D eigenvalue weighted by atomic mass is 35.5. The zero-order valence-corrected chi connectivity index (χ0v) is 12.1. The summed E-state index contributed by atoms with van der Waals surface area (Å²) in [6.45, 7) is 0.674. The highest BCUT2D eigenvalue weighted by Crippen LogP contribution is 2.29. The molecule has 0 bridgehead atoms. The van der Waals surface area contributed by atoms with Crippen LogP contribution in [0, 0.1) is 4.91 Å². The van der Waals surface area contributed by atoms with Crippen LogP contribution in [-0.2, 0) is 6.42 Å². The van der Waals surface area contributed by atoms with Crippen LogP contribution >= 0.6 is 11.6 Å². The van der Waals surface area contributed by atoms with Gasteiger partial charge in [0.25, 0.3) is 11.6 Å². The topological polar surface area (TPSA) is 51.4 Å². The summed E-state index contributed by atoms with van der Waals surface area (Å²) in [5.41, 5.74) is 2.87. The maximum absolute atomic E-state index is 12.7. The molecule has 1 aliphatic rings. The van der Waals surface area contributed by atoms with Gasteiger partial charge in [-0.15, -0.1) is 0 Å². The average molecular weight is 302 g/mol. The minimum atomic E-state index is -0.135. The van der Waals surface area contributed by atoms with Gasteiger partial charge < -0.3 is 4.90 Å². The summed E-state index contributed by atoms with van der Waals surface area (Å²) >= 11 is 6.12. The van der Waals surface area contributed by atoms with Crippen LogP contribution in [0.3, 0.4) is 0 Å². The number of para-hydroxylation sites is 1. The molecule has 5 heteroatoms. The summed E-state index contributed by atoms with van der Waals surface area (Å²) in [7, 11) is 0. The molecular formula is C16H14ClN2O2+. The molecule has 0 atom stereocenters. The molecule has 0 spiro atoms. The lowest BCUT2D eigenvalue weighted by Crippen LogP contribution is -2.55. The predicted molar refractivity (Wildman–Crippen MR) is 81.9 cm³/mol. The number of benzene rings is 2. The molecule has 1 amide bonds. The van der Waals surface area contributed by atoms with Gasteiger partial charge in [-0.1, -0.05) is 29.8 Å². The zero-order chi connectivity index (χ0) is 14.8. The first-order valence-corrected chi connectivity index (χ1v) is 7.16. The smallest absolute Gasteiger partial charge is 0.259 e. The molecule has 106 valence electrons. The molecule has 0 aliphatic carbocycles. The van der Waals surface area contributed by atoms with Crippen LogP contribution in [0.15, 0.2) is 42.5 Å². The number of amides is 1. The highest BCUT2D eigenvalue weighted by molar-refractivity contribution is 6.34. The molecule has 2 aromatic rings. The lowest BCUT2D eigenvalue weighted by Gasteiger charge is -2.29. The van der Waals surface area contributed by atoms with E-state index in [1.807, 2.05) is 24.3 Å². The molecule has 2 aromatic carbocycles. The van der Waals surface area contributed by atoms with Gasteiger partial charge in [0.2, 0.25) is 0 Å². The van der Waals surface area contributed by atoms with Crippen LogP contribution in [-0.4, -0.2) is 12.5 Å². The Morgan fingerprint density at radius 2 is 2.00 bits per heavy atom. The number of rotatable bonds is 2. The summed E-state index contributed by atoms with van der Waals surface area (Å²) in [5, 5.41) is 2.05. The summed E-state index contributed by atoms with van der Waals surface area (Å²) < 4.78 is 0. The van der Waals surface area contributed by atoms with Gasteiger partial charge in [0, 0.05) is 34.4 Å². The Hall–Kier alpha value is -2.20. The third-order valence-corrected chi connectivity index (χ3v) is 3.99. The molecule has 0 aromatic heterocycles. The number of nitrogens with zero attached hydrogens (tertiary/aromatic N) is 1. The van der Waals surface area contributed by atoms with Gasteiger partial charge >= 0.3 is 0 Å². The van der Waals surface area contributed by atoms with E-state index in [4.69, 9.17) is 11.6 Å². The number of carbonyl (C=O) groups is 1. The van der Waals surface area contributed by atoms with E-state index in [2.05, 4.69) is 0 Å². The highest BCUT2D eigenvalue weighted by Gasteiger charge is 2.25. The number of hydrogen-bond acceptors (Lipinski definition) is 2. The number of nitrogens with one attached hydrogen (secondary N) is 1. The maximum Gasteiger partial charge on any atom is 0.259 e. The molecule has 21 heavy (non-hydrogen) atoms. The number of hydrogen-bond donors (Lipinski definition) is 1. The second-order valence-electron chi connectivity index (χ2n) is 4.99. The minimum Gasteiger partial charge on any atom is -0.308 e. The fourth-order valence-electron chi connectivity index (χ4n) is 2.64. The Morgan fingerprint density at radius 3 is 2.76 bits per heavy atom. The van der Waals surface area contributed by atoms with E-state index in [-0.39, 0.29) is 10.9 Å². The molecule has 4 nitrogen and oxygen atoms in total. The largest absolute Gasteiger partial charge is 0.308 e. The fourth-order valence-corrected chi connectivity index (χ4v) is 2.90. The number of carbonyl (C=O) groups excluding carboxylic acids is 1. The van der Waals surface area contributed by atoms with E-state index in [9.17, 15) is 9.70 Å². The molecule has 0 saturated heterocycles. The van der Waals surface area contributed by atoms with Crippen molar-refractivity contribution >= 4 is 28.9 Å². The summed E-state index contributed by atoms with van der Waals surface area (Å²) in [5.74, 6) is -0.135. The molecule has 0 fully saturated rings. The van der Waals surface area contributed by atoms with Crippen molar-refractivity contribution in [3.63, 3.8) is 0 Å². The number of fused-ring (bicyclic) bond motifs is 1. The van der Waals surface area contributed by atoms with Crippen molar-refractivity contribution < 1.29 is 9.97 Å². The van der Waals surface area contributed by atoms with Gasteiger partial charge in [0.1, 0.15) is 0 Å². The van der Waals surface area contributed by atoms with E-state index in [0.717, 1.165) is 18.5 Å². The Balaban J connectivity index is 1.98. The summed E-state index contributed by atoms with van der Waals surface area (Å²) in [6, 6.07) is 12.5. The molecular weight excluding hydrogens is 288 g/mol. The van der Waals surface area contributed by atoms with Crippen molar-refractivity contribution in [3.8, 4) is 0 Å².